The lowest BCUT2D eigenvalue weighted by Crippen LogP contribution is -2.34. The molecule has 0 saturated carbocycles. The minimum absolute atomic E-state index is 0.281. The number of halogens is 1. The molecule has 1 aliphatic rings. The van der Waals surface area contributed by atoms with Crippen LogP contribution in [0.2, 0.25) is 0 Å². The molecular weight excluding hydrogens is 329 g/mol. The maximum absolute atomic E-state index is 14.2. The van der Waals surface area contributed by atoms with E-state index in [1.807, 2.05) is 0 Å². The van der Waals surface area contributed by atoms with Crippen molar-refractivity contribution in [2.75, 3.05) is 18.0 Å². The van der Waals surface area contributed by atoms with Crippen LogP contribution in [0.15, 0.2) is 36.5 Å². The van der Waals surface area contributed by atoms with E-state index < -0.39 is 0 Å². The third kappa shape index (κ3) is 3.69. The number of fused-ring (bicyclic) bond motifs is 1. The Labute approximate surface area is 153 Å². The Bertz CT molecular complexity index is 852. The van der Waals surface area contributed by atoms with Crippen molar-refractivity contribution in [1.82, 2.24) is 19.9 Å². The molecule has 3 rings (SSSR count). The number of nitrogens with one attached hydrogen (secondary N) is 1. The molecule has 6 heteroatoms. The zero-order valence-electron chi connectivity index (χ0n) is 15.7. The number of aromatic amines is 1. The molecular formula is C20H26FN5. The van der Waals surface area contributed by atoms with E-state index >= 15 is 0 Å². The number of imidazole rings is 1. The van der Waals surface area contributed by atoms with E-state index in [1.54, 1.807) is 26.3 Å². The van der Waals surface area contributed by atoms with Crippen molar-refractivity contribution < 1.29 is 4.39 Å². The maximum Gasteiger partial charge on any atom is 0.228 e. The second-order valence-corrected chi connectivity index (χ2v) is 6.96. The summed E-state index contributed by atoms with van der Waals surface area (Å²) in [6.45, 7) is 11.4. The monoisotopic (exact) mass is 355 g/mol. The number of allylic oxidation sites excluding steroid dienone is 5. The first kappa shape index (κ1) is 18.3. The molecule has 2 aromatic heterocycles. The Morgan fingerprint density at radius 1 is 1.35 bits per heavy atom. The fourth-order valence-electron chi connectivity index (χ4n) is 3.22. The normalized spacial score (nSPS) is 16.2. The van der Waals surface area contributed by atoms with Crippen LogP contribution < -0.4 is 4.90 Å². The minimum atomic E-state index is -0.281. The predicted octanol–water partition coefficient (Wildman–Crippen LogP) is 4.81. The van der Waals surface area contributed by atoms with Gasteiger partial charge in [0.25, 0.3) is 0 Å². The zero-order chi connectivity index (χ0) is 18.7. The molecule has 1 N–H and O–H groups in total. The zero-order valence-corrected chi connectivity index (χ0v) is 15.7. The molecule has 3 heterocycles. The highest BCUT2D eigenvalue weighted by molar-refractivity contribution is 5.89. The number of H-pyrrole nitrogens is 1. The van der Waals surface area contributed by atoms with E-state index in [4.69, 9.17) is 4.98 Å². The van der Waals surface area contributed by atoms with Gasteiger partial charge in [0.05, 0.1) is 6.33 Å². The predicted molar refractivity (Wildman–Crippen MR) is 105 cm³/mol. The van der Waals surface area contributed by atoms with E-state index in [1.165, 1.54) is 12.5 Å². The summed E-state index contributed by atoms with van der Waals surface area (Å²) < 4.78 is 14.2. The third-order valence-corrected chi connectivity index (χ3v) is 5.00. The van der Waals surface area contributed by atoms with Crippen molar-refractivity contribution in [2.45, 2.75) is 40.0 Å². The van der Waals surface area contributed by atoms with E-state index in [0.717, 1.165) is 31.8 Å². The molecule has 2 aromatic rings. The topological polar surface area (TPSA) is 57.7 Å². The molecule has 0 spiro atoms. The number of hydrogen-bond acceptors (Lipinski definition) is 4. The lowest BCUT2D eigenvalue weighted by Gasteiger charge is -2.31. The van der Waals surface area contributed by atoms with E-state index in [9.17, 15) is 4.39 Å². The van der Waals surface area contributed by atoms with Crippen LogP contribution in [0.5, 0.6) is 0 Å². The molecule has 1 fully saturated rings. The molecule has 5 nitrogen and oxygen atoms in total. The Balaban J connectivity index is 2.04. The molecule has 138 valence electrons. The van der Waals surface area contributed by atoms with Crippen LogP contribution in [0, 0.1) is 5.92 Å². The van der Waals surface area contributed by atoms with Crippen LogP contribution in [-0.2, 0) is 0 Å². The molecule has 0 amide bonds. The minimum Gasteiger partial charge on any atom is -0.341 e. The van der Waals surface area contributed by atoms with Crippen molar-refractivity contribution >= 4 is 22.7 Å². The number of anilines is 1. The highest BCUT2D eigenvalue weighted by atomic mass is 19.1. The summed E-state index contributed by atoms with van der Waals surface area (Å²) in [7, 11) is 0. The van der Waals surface area contributed by atoms with Gasteiger partial charge in [0.15, 0.2) is 5.65 Å². The fourth-order valence-corrected chi connectivity index (χ4v) is 3.22. The Morgan fingerprint density at radius 2 is 2.08 bits per heavy atom. The summed E-state index contributed by atoms with van der Waals surface area (Å²) in [5.41, 5.74) is 3.15. The molecule has 0 radical (unpaired) electrons. The van der Waals surface area contributed by atoms with Gasteiger partial charge in [0.2, 0.25) is 5.95 Å². The van der Waals surface area contributed by atoms with Crippen molar-refractivity contribution in [3.63, 3.8) is 0 Å². The lowest BCUT2D eigenvalue weighted by molar-refractivity contribution is 0.392. The number of hydrogen-bond donors (Lipinski definition) is 1. The fraction of sp³-hybridized carbons (Fsp3) is 0.450. The standard InChI is InChI=1S/C20H26FN5/c1-5-14-7-9-26(10-8-14)20-24-17(18-19(25-20)23-12-22-18)15(6-2)11-16(21)13(3)4/h6,11-12,14H,2,5,7-10H2,1,3-4H3,(H,22,23,24,25)/b15-11+. The van der Waals surface area contributed by atoms with Gasteiger partial charge in [0.1, 0.15) is 17.0 Å². The van der Waals surface area contributed by atoms with E-state index in [-0.39, 0.29) is 5.83 Å². The van der Waals surface area contributed by atoms with Gasteiger partial charge in [-0.15, -0.1) is 0 Å². The van der Waals surface area contributed by atoms with Gasteiger partial charge >= 0.3 is 0 Å². The summed E-state index contributed by atoms with van der Waals surface area (Å²) >= 11 is 0. The number of nitrogens with zero attached hydrogens (tertiary/aromatic N) is 4. The SMILES string of the molecule is C=C/C(=C\C(F)=C(C)C)c1nc(N2CCC(CC)CC2)nc2nc[nH]c12. The summed E-state index contributed by atoms with van der Waals surface area (Å²) in [4.78, 5) is 18.9. The average Bonchev–Trinajstić information content (AvgIpc) is 3.13. The second kappa shape index (κ2) is 7.81. The van der Waals surface area contributed by atoms with E-state index in [0.29, 0.717) is 34.0 Å². The van der Waals surface area contributed by atoms with Crippen LogP contribution in [0.4, 0.5) is 10.3 Å². The van der Waals surface area contributed by atoms with Gasteiger partial charge in [-0.25, -0.2) is 14.4 Å². The van der Waals surface area contributed by atoms with Crippen molar-refractivity contribution in [3.8, 4) is 0 Å². The molecule has 1 saturated heterocycles. The lowest BCUT2D eigenvalue weighted by atomic mass is 9.95. The Kier molecular flexibility index (Phi) is 5.49. The molecule has 0 aromatic carbocycles. The van der Waals surface area contributed by atoms with Crippen LogP contribution in [0.25, 0.3) is 16.7 Å². The summed E-state index contributed by atoms with van der Waals surface area (Å²) in [5, 5.41) is 0. The van der Waals surface area contributed by atoms with Gasteiger partial charge in [-0.1, -0.05) is 26.0 Å². The summed E-state index contributed by atoms with van der Waals surface area (Å²) in [5.74, 6) is 1.14. The quantitative estimate of drug-likeness (QED) is 0.782. The van der Waals surface area contributed by atoms with Crippen molar-refractivity contribution in [2.24, 2.45) is 5.92 Å². The van der Waals surface area contributed by atoms with Gasteiger partial charge in [0, 0.05) is 18.7 Å². The summed E-state index contributed by atoms with van der Waals surface area (Å²) in [6.07, 6.45) is 8.18. The number of aromatic nitrogens is 4. The van der Waals surface area contributed by atoms with Crippen LogP contribution in [-0.4, -0.2) is 33.0 Å². The molecule has 0 atom stereocenters. The van der Waals surface area contributed by atoms with Gasteiger partial charge in [-0.3, -0.25) is 0 Å². The molecule has 0 unspecified atom stereocenters. The van der Waals surface area contributed by atoms with E-state index in [2.05, 4.69) is 33.4 Å². The average molecular weight is 355 g/mol. The second-order valence-electron chi connectivity index (χ2n) is 6.96. The Hall–Kier alpha value is -2.50. The molecule has 26 heavy (non-hydrogen) atoms. The smallest absolute Gasteiger partial charge is 0.228 e. The van der Waals surface area contributed by atoms with Crippen molar-refractivity contribution in [3.05, 3.63) is 42.2 Å². The first-order valence-electron chi connectivity index (χ1n) is 9.17. The third-order valence-electron chi connectivity index (χ3n) is 5.00. The molecule has 0 aliphatic carbocycles. The maximum atomic E-state index is 14.2. The Morgan fingerprint density at radius 3 is 2.69 bits per heavy atom. The van der Waals surface area contributed by atoms with Gasteiger partial charge < -0.3 is 9.88 Å². The van der Waals surface area contributed by atoms with Gasteiger partial charge in [-0.2, -0.15) is 4.98 Å². The summed E-state index contributed by atoms with van der Waals surface area (Å²) in [6, 6.07) is 0. The number of piperidine rings is 1. The number of rotatable bonds is 5. The first-order valence-corrected chi connectivity index (χ1v) is 9.17. The van der Waals surface area contributed by atoms with Gasteiger partial charge in [-0.05, 0) is 44.3 Å². The largest absolute Gasteiger partial charge is 0.341 e. The van der Waals surface area contributed by atoms with Crippen LogP contribution in [0.3, 0.4) is 0 Å². The van der Waals surface area contributed by atoms with Crippen molar-refractivity contribution in [1.29, 1.82) is 0 Å². The van der Waals surface area contributed by atoms with Crippen LogP contribution in [0.1, 0.15) is 45.7 Å². The van der Waals surface area contributed by atoms with Crippen LogP contribution >= 0.6 is 0 Å². The first-order chi connectivity index (χ1) is 12.5. The molecule has 0 bridgehead atoms. The highest BCUT2D eigenvalue weighted by Crippen LogP contribution is 2.28. The highest BCUT2D eigenvalue weighted by Gasteiger charge is 2.22. The molecule has 1 aliphatic heterocycles.